The van der Waals surface area contributed by atoms with E-state index in [1.165, 1.54) is 17.7 Å². The lowest BCUT2D eigenvalue weighted by atomic mass is 10.3. The predicted molar refractivity (Wildman–Crippen MR) is 72.8 cm³/mol. The minimum absolute atomic E-state index is 0.269. The Morgan fingerprint density at radius 1 is 1.28 bits per heavy atom. The topological polar surface area (TPSA) is 33.9 Å². The predicted octanol–water partition coefficient (Wildman–Crippen LogP) is 1.41. The fourth-order valence-corrected chi connectivity index (χ4v) is 2.71. The van der Waals surface area contributed by atoms with E-state index in [0.717, 1.165) is 19.6 Å². The second kappa shape index (κ2) is 6.62. The largest absolute Gasteiger partial charge is 0.489 e. The Morgan fingerprint density at radius 3 is 2.67 bits per heavy atom. The van der Waals surface area contributed by atoms with Crippen LogP contribution < -0.4 is 9.64 Å². The maximum atomic E-state index is 9.90. The van der Waals surface area contributed by atoms with Gasteiger partial charge in [-0.25, -0.2) is 0 Å². The number of ether oxygens (including phenoxy) is 1. The number of rotatable bonds is 5. The summed E-state index contributed by atoms with van der Waals surface area (Å²) in [6.07, 6.45) is 2.06. The van der Waals surface area contributed by atoms with Crippen LogP contribution >= 0.6 is 23.2 Å². The van der Waals surface area contributed by atoms with Gasteiger partial charge in [0.2, 0.25) is 0 Å². The highest BCUT2D eigenvalue weighted by Crippen LogP contribution is 2.27. The average Bonchev–Trinajstić information content (AvgIpc) is 2.80. The summed E-state index contributed by atoms with van der Waals surface area (Å²) in [4.78, 5) is 1.45. The molecule has 1 aliphatic heterocycles. The summed E-state index contributed by atoms with van der Waals surface area (Å²) in [5.41, 5.74) is 0. The van der Waals surface area contributed by atoms with Crippen molar-refractivity contribution in [3.8, 4) is 5.75 Å². The quantitative estimate of drug-likeness (QED) is 0.860. The zero-order valence-corrected chi connectivity index (χ0v) is 11.7. The van der Waals surface area contributed by atoms with Crippen LogP contribution in [0.1, 0.15) is 12.8 Å². The van der Waals surface area contributed by atoms with Gasteiger partial charge < -0.3 is 14.7 Å². The normalized spacial score (nSPS) is 17.9. The first-order valence-corrected chi connectivity index (χ1v) is 7.00. The molecule has 0 saturated carbocycles. The molecule has 2 rings (SSSR count). The second-order valence-corrected chi connectivity index (χ2v) is 5.54. The molecule has 1 aromatic carbocycles. The van der Waals surface area contributed by atoms with Crippen LogP contribution in [-0.4, -0.2) is 37.5 Å². The summed E-state index contributed by atoms with van der Waals surface area (Å²) in [5, 5.41) is 11.0. The Labute approximate surface area is 117 Å². The molecule has 5 heteroatoms. The molecule has 1 unspecified atom stereocenters. The van der Waals surface area contributed by atoms with Gasteiger partial charge in [-0.1, -0.05) is 23.2 Å². The lowest BCUT2D eigenvalue weighted by Gasteiger charge is -2.17. The van der Waals surface area contributed by atoms with Crippen molar-refractivity contribution in [1.29, 1.82) is 0 Å². The summed E-state index contributed by atoms with van der Waals surface area (Å²) < 4.78 is 5.51. The van der Waals surface area contributed by atoms with Crippen LogP contribution in [-0.2, 0) is 0 Å². The molecular weight excluding hydrogens is 273 g/mol. The van der Waals surface area contributed by atoms with Crippen molar-refractivity contribution in [3.05, 3.63) is 28.2 Å². The van der Waals surface area contributed by atoms with Crippen LogP contribution in [0.2, 0.25) is 10.0 Å². The zero-order valence-electron chi connectivity index (χ0n) is 10.2. The summed E-state index contributed by atoms with van der Waals surface area (Å²) >= 11 is 11.8. The van der Waals surface area contributed by atoms with Crippen molar-refractivity contribution in [2.45, 2.75) is 18.9 Å². The van der Waals surface area contributed by atoms with Gasteiger partial charge in [0.15, 0.2) is 0 Å². The Hall–Kier alpha value is -0.480. The zero-order chi connectivity index (χ0) is 13.0. The van der Waals surface area contributed by atoms with E-state index in [2.05, 4.69) is 0 Å². The summed E-state index contributed by atoms with van der Waals surface area (Å²) in [7, 11) is 0. The number of hydrogen-bond acceptors (Lipinski definition) is 2. The monoisotopic (exact) mass is 290 g/mol. The average molecular weight is 291 g/mol. The molecule has 0 amide bonds. The van der Waals surface area contributed by atoms with E-state index in [-0.39, 0.29) is 6.61 Å². The molecule has 1 fully saturated rings. The highest BCUT2D eigenvalue weighted by molar-refractivity contribution is 6.35. The minimum Gasteiger partial charge on any atom is -0.489 e. The van der Waals surface area contributed by atoms with Gasteiger partial charge in [-0.2, -0.15) is 0 Å². The fourth-order valence-electron chi connectivity index (χ4n) is 2.25. The van der Waals surface area contributed by atoms with Gasteiger partial charge in [-0.15, -0.1) is 0 Å². The van der Waals surface area contributed by atoms with Crippen molar-refractivity contribution in [2.75, 3.05) is 26.2 Å². The van der Waals surface area contributed by atoms with Gasteiger partial charge in [0.25, 0.3) is 0 Å². The van der Waals surface area contributed by atoms with Crippen molar-refractivity contribution in [3.63, 3.8) is 0 Å². The van der Waals surface area contributed by atoms with Gasteiger partial charge in [-0.3, -0.25) is 0 Å². The first-order chi connectivity index (χ1) is 8.65. The van der Waals surface area contributed by atoms with Crippen LogP contribution in [0.15, 0.2) is 18.2 Å². The first kappa shape index (κ1) is 13.9. The molecule has 2 N–H and O–H groups in total. The van der Waals surface area contributed by atoms with Gasteiger partial charge in [0.05, 0.1) is 18.1 Å². The Balaban J connectivity index is 1.79. The number of nitrogens with one attached hydrogen (secondary N) is 1. The van der Waals surface area contributed by atoms with Gasteiger partial charge in [-0.05, 0) is 18.2 Å². The highest BCUT2D eigenvalue weighted by Gasteiger charge is 2.19. The second-order valence-electron chi connectivity index (χ2n) is 4.70. The lowest BCUT2D eigenvalue weighted by molar-refractivity contribution is -0.890. The third kappa shape index (κ3) is 4.02. The number of aliphatic hydroxyl groups excluding tert-OH is 1. The minimum atomic E-state index is -0.454. The van der Waals surface area contributed by atoms with Crippen LogP contribution in [0.4, 0.5) is 0 Å². The number of benzene rings is 1. The molecule has 0 aliphatic carbocycles. The van der Waals surface area contributed by atoms with E-state index >= 15 is 0 Å². The smallest absolute Gasteiger partial charge is 0.138 e. The molecule has 0 spiro atoms. The van der Waals surface area contributed by atoms with E-state index in [4.69, 9.17) is 27.9 Å². The molecule has 1 atom stereocenters. The van der Waals surface area contributed by atoms with Crippen LogP contribution in [0.25, 0.3) is 0 Å². The molecule has 1 aliphatic rings. The van der Waals surface area contributed by atoms with E-state index in [1.54, 1.807) is 18.2 Å². The van der Waals surface area contributed by atoms with Crippen LogP contribution in [0.3, 0.4) is 0 Å². The molecule has 1 heterocycles. The Morgan fingerprint density at radius 2 is 2.00 bits per heavy atom. The maximum absolute atomic E-state index is 9.90. The molecule has 0 bridgehead atoms. The molecule has 100 valence electrons. The van der Waals surface area contributed by atoms with Gasteiger partial charge in [0, 0.05) is 17.9 Å². The summed E-state index contributed by atoms with van der Waals surface area (Å²) in [6, 6.07) is 5.08. The van der Waals surface area contributed by atoms with Crippen molar-refractivity contribution >= 4 is 23.2 Å². The molecule has 1 saturated heterocycles. The van der Waals surface area contributed by atoms with E-state index < -0.39 is 6.10 Å². The number of aliphatic hydroxyl groups is 1. The highest BCUT2D eigenvalue weighted by atomic mass is 35.5. The van der Waals surface area contributed by atoms with Gasteiger partial charge >= 0.3 is 0 Å². The molecule has 1 aromatic rings. The Kier molecular flexibility index (Phi) is 5.13. The first-order valence-electron chi connectivity index (χ1n) is 6.24. The summed E-state index contributed by atoms with van der Waals surface area (Å²) in [6.45, 7) is 3.31. The maximum Gasteiger partial charge on any atom is 0.138 e. The summed E-state index contributed by atoms with van der Waals surface area (Å²) in [5.74, 6) is 0.566. The van der Waals surface area contributed by atoms with E-state index in [1.807, 2.05) is 0 Å². The molecule has 18 heavy (non-hydrogen) atoms. The number of halogens is 2. The van der Waals surface area contributed by atoms with Crippen LogP contribution in [0.5, 0.6) is 5.75 Å². The fraction of sp³-hybridized carbons (Fsp3) is 0.538. The number of likely N-dealkylation sites (tertiary alicyclic amines) is 1. The van der Waals surface area contributed by atoms with Crippen molar-refractivity contribution in [2.24, 2.45) is 0 Å². The van der Waals surface area contributed by atoms with Gasteiger partial charge in [0.1, 0.15) is 25.0 Å². The third-order valence-electron chi connectivity index (χ3n) is 3.16. The molecule has 3 nitrogen and oxygen atoms in total. The van der Waals surface area contributed by atoms with Crippen molar-refractivity contribution < 1.29 is 14.7 Å². The lowest BCUT2D eigenvalue weighted by Crippen LogP contribution is -3.11. The number of quaternary nitrogens is 1. The third-order valence-corrected chi connectivity index (χ3v) is 3.69. The Bertz CT molecular complexity index is 395. The number of hydrogen-bond donors (Lipinski definition) is 2. The molecular formula is C13H18Cl2NO2+. The van der Waals surface area contributed by atoms with E-state index in [0.29, 0.717) is 15.8 Å². The standard InChI is InChI=1S/C13H17Cl2NO2/c14-10-3-4-13(12(15)7-10)18-9-11(17)8-16-5-1-2-6-16/h3-4,7,11,17H,1-2,5-6,8-9H2/p+1. The van der Waals surface area contributed by atoms with Crippen LogP contribution in [0, 0.1) is 0 Å². The molecule has 0 radical (unpaired) electrons. The van der Waals surface area contributed by atoms with Crippen molar-refractivity contribution in [1.82, 2.24) is 0 Å². The molecule has 0 aromatic heterocycles. The van der Waals surface area contributed by atoms with E-state index in [9.17, 15) is 5.11 Å². The SMILES string of the molecule is OC(COc1ccc(Cl)cc1Cl)C[NH+]1CCCC1.